The number of benzene rings is 1. The molecule has 0 bridgehead atoms. The van der Waals surface area contributed by atoms with Crippen LogP contribution in [0.25, 0.3) is 22.3 Å². The van der Waals surface area contributed by atoms with Crippen molar-refractivity contribution in [2.24, 2.45) is 5.92 Å². The van der Waals surface area contributed by atoms with E-state index in [0.717, 1.165) is 5.56 Å². The number of ether oxygens (including phenoxy) is 1. The summed E-state index contributed by atoms with van der Waals surface area (Å²) in [6, 6.07) is 2.16. The zero-order valence-electron chi connectivity index (χ0n) is 28.4. The van der Waals surface area contributed by atoms with E-state index >= 15 is 4.39 Å². The van der Waals surface area contributed by atoms with E-state index in [1.165, 1.54) is 10.6 Å². The third-order valence-corrected chi connectivity index (χ3v) is 15.6. The summed E-state index contributed by atoms with van der Waals surface area (Å²) >= 11 is 0. The van der Waals surface area contributed by atoms with Crippen molar-refractivity contribution in [1.29, 1.82) is 0 Å². The number of nitrogens with one attached hydrogen (secondary N) is 1. The highest BCUT2D eigenvalue weighted by atomic mass is 28.4. The first-order chi connectivity index (χ1) is 22.4. The van der Waals surface area contributed by atoms with Crippen LogP contribution in [0, 0.1) is 18.7 Å². The summed E-state index contributed by atoms with van der Waals surface area (Å²) in [6.07, 6.45) is -2.39. The van der Waals surface area contributed by atoms with Gasteiger partial charge in [0.05, 0.1) is 35.1 Å². The number of carbonyl (C=O) groups is 2. The molecule has 1 unspecified atom stereocenters. The molecular weight excluding hydrogens is 643 g/mol. The van der Waals surface area contributed by atoms with Crippen LogP contribution in [0.4, 0.5) is 13.2 Å². The second-order valence-electron chi connectivity index (χ2n) is 14.8. The number of cyclic esters (lactones) is 1. The van der Waals surface area contributed by atoms with Crippen molar-refractivity contribution in [2.45, 2.75) is 110 Å². The van der Waals surface area contributed by atoms with E-state index in [9.17, 15) is 28.3 Å². The molecule has 0 saturated carbocycles. The number of amides is 1. The summed E-state index contributed by atoms with van der Waals surface area (Å²) in [5.41, 5.74) is 1.15. The highest BCUT2D eigenvalue weighted by Crippen LogP contribution is 2.46. The minimum absolute atomic E-state index is 0.0268. The van der Waals surface area contributed by atoms with E-state index in [4.69, 9.17) is 14.1 Å². The summed E-state index contributed by atoms with van der Waals surface area (Å²) < 4.78 is 56.7. The summed E-state index contributed by atoms with van der Waals surface area (Å²) in [6.45, 7) is 13.3. The molecule has 6 rings (SSSR count). The van der Waals surface area contributed by atoms with Gasteiger partial charge in [-0.25, -0.2) is 22.9 Å². The molecule has 48 heavy (non-hydrogen) atoms. The molecular formula is C35H42F3N3O6Si. The van der Waals surface area contributed by atoms with Gasteiger partial charge in [0.25, 0.3) is 5.56 Å². The monoisotopic (exact) mass is 685 g/mol. The number of rotatable bonds is 8. The van der Waals surface area contributed by atoms with E-state index in [1.54, 1.807) is 19.9 Å². The molecule has 0 saturated heterocycles. The second kappa shape index (κ2) is 11.8. The van der Waals surface area contributed by atoms with Gasteiger partial charge < -0.3 is 24.2 Å². The summed E-state index contributed by atoms with van der Waals surface area (Å²) in [5, 5.41) is 14.7. The predicted octanol–water partition coefficient (Wildman–Crippen LogP) is 5.92. The lowest BCUT2D eigenvalue weighted by atomic mass is 9.81. The molecule has 3 aliphatic rings. The highest BCUT2D eigenvalue weighted by Gasteiger charge is 2.46. The van der Waals surface area contributed by atoms with Crippen LogP contribution < -0.4 is 10.9 Å². The van der Waals surface area contributed by atoms with E-state index in [-0.39, 0.29) is 48.8 Å². The molecule has 3 atom stereocenters. The number of carbonyl (C=O) groups excluding carboxylic acids is 2. The Labute approximate surface area is 278 Å². The first kappa shape index (κ1) is 34.3. The lowest BCUT2D eigenvalue weighted by molar-refractivity contribution is -0.172. The van der Waals surface area contributed by atoms with Crippen LogP contribution in [-0.4, -0.2) is 47.9 Å². The number of halogens is 3. The van der Waals surface area contributed by atoms with Gasteiger partial charge >= 0.3 is 5.97 Å². The van der Waals surface area contributed by atoms with Crippen molar-refractivity contribution in [2.75, 3.05) is 6.61 Å². The number of esters is 1. The Morgan fingerprint density at radius 1 is 1.23 bits per heavy atom. The Kier molecular flexibility index (Phi) is 8.44. The van der Waals surface area contributed by atoms with Crippen LogP contribution in [-0.2, 0) is 43.9 Å². The zero-order chi connectivity index (χ0) is 35.1. The molecule has 1 aromatic carbocycles. The van der Waals surface area contributed by atoms with Crippen molar-refractivity contribution in [3.8, 4) is 11.4 Å². The third kappa shape index (κ3) is 5.29. The van der Waals surface area contributed by atoms with Crippen molar-refractivity contribution < 1.29 is 37.0 Å². The van der Waals surface area contributed by atoms with E-state index in [0.29, 0.717) is 51.8 Å². The maximum atomic E-state index is 15.2. The Balaban J connectivity index is 1.43. The molecule has 1 aliphatic carbocycles. The Hall–Kier alpha value is -3.55. The van der Waals surface area contributed by atoms with Crippen molar-refractivity contribution in [3.05, 3.63) is 61.7 Å². The van der Waals surface area contributed by atoms with Crippen LogP contribution in [0.15, 0.2) is 16.9 Å². The topological polar surface area (TPSA) is 120 Å². The maximum absolute atomic E-state index is 15.2. The predicted molar refractivity (Wildman–Crippen MR) is 176 cm³/mol. The van der Waals surface area contributed by atoms with Crippen LogP contribution in [0.3, 0.4) is 0 Å². The molecule has 4 heterocycles. The van der Waals surface area contributed by atoms with Crippen molar-refractivity contribution in [3.63, 3.8) is 0 Å². The summed E-state index contributed by atoms with van der Waals surface area (Å²) in [7, 11) is -2.22. The van der Waals surface area contributed by atoms with Gasteiger partial charge in [-0.05, 0) is 73.5 Å². The quantitative estimate of drug-likeness (QED) is 0.175. The highest BCUT2D eigenvalue weighted by molar-refractivity contribution is 6.74. The van der Waals surface area contributed by atoms with E-state index in [2.05, 4.69) is 26.1 Å². The maximum Gasteiger partial charge on any atom is 0.343 e. The number of aryl methyl sites for hydroxylation is 1. The number of hydrogen-bond donors (Lipinski definition) is 2. The second-order valence-corrected chi connectivity index (χ2v) is 19.6. The number of aromatic nitrogens is 2. The molecule has 1 amide bonds. The minimum Gasteiger partial charge on any atom is -0.458 e. The Bertz CT molecular complexity index is 1920. The van der Waals surface area contributed by atoms with Gasteiger partial charge in [0.1, 0.15) is 18.3 Å². The third-order valence-electron chi connectivity index (χ3n) is 11.0. The fourth-order valence-electron chi connectivity index (χ4n) is 7.01. The number of fused-ring (bicyclic) bond motifs is 5. The fraction of sp³-hybridized carbons (Fsp3) is 0.543. The number of pyridine rings is 2. The van der Waals surface area contributed by atoms with Gasteiger partial charge in [0.2, 0.25) is 12.3 Å². The molecule has 258 valence electrons. The van der Waals surface area contributed by atoms with Gasteiger partial charge in [-0.2, -0.15) is 0 Å². The number of aliphatic hydroxyl groups is 1. The average molecular weight is 686 g/mol. The standard InChI is InChI=1S/C35H42F3N3O6Si/c1-8-35(45)22-13-26-29-20(15-41(26)32(43)21(22)16-46-33(35)44)28-24(10-9-18-17(2)23(36)14-25(39-29)27(18)28)40-31(42)19(30(37)38)11-12-47-48(6,7)34(3,4)5/h13-14,19,24,30,45H,8-12,15-16H2,1-7H3,(H,40,42)/t19?,24-,35-/m0/s1. The number of alkyl halides is 2. The molecule has 2 aromatic heterocycles. The normalized spacial score (nSPS) is 20.8. The van der Waals surface area contributed by atoms with Gasteiger partial charge in [-0.3, -0.25) is 9.59 Å². The SMILES string of the molecule is CC[C@@]1(O)C(=O)OCc2c1cc1n(c2=O)Cc2c-1nc1cc(F)c(C)c3c1c2[C@@H](NC(=O)C(CCO[Si](C)(C)C(C)(C)C)C(F)F)CC3. The molecule has 2 N–H and O–H groups in total. The van der Waals surface area contributed by atoms with Gasteiger partial charge in [0.15, 0.2) is 13.9 Å². The van der Waals surface area contributed by atoms with E-state index < -0.39 is 55.6 Å². The largest absolute Gasteiger partial charge is 0.458 e. The minimum atomic E-state index is -2.92. The summed E-state index contributed by atoms with van der Waals surface area (Å²) in [4.78, 5) is 44.9. The lowest BCUT2D eigenvalue weighted by Gasteiger charge is -2.36. The molecule has 2 aliphatic heterocycles. The first-order valence-electron chi connectivity index (χ1n) is 16.4. The smallest absolute Gasteiger partial charge is 0.343 e. The number of nitrogens with zero attached hydrogens (tertiary/aromatic N) is 2. The molecule has 0 radical (unpaired) electrons. The lowest BCUT2D eigenvalue weighted by Crippen LogP contribution is -2.44. The Morgan fingerprint density at radius 2 is 1.94 bits per heavy atom. The molecule has 0 fully saturated rings. The van der Waals surface area contributed by atoms with Crippen molar-refractivity contribution >= 4 is 31.1 Å². The van der Waals surface area contributed by atoms with Crippen LogP contribution in [0.5, 0.6) is 0 Å². The van der Waals surface area contributed by atoms with Gasteiger partial charge in [0, 0.05) is 29.2 Å². The average Bonchev–Trinajstić information content (AvgIpc) is 3.38. The van der Waals surface area contributed by atoms with E-state index in [1.807, 2.05) is 13.1 Å². The first-order valence-corrected chi connectivity index (χ1v) is 19.4. The number of hydrogen-bond acceptors (Lipinski definition) is 7. The molecule has 9 nitrogen and oxygen atoms in total. The zero-order valence-corrected chi connectivity index (χ0v) is 29.4. The molecule has 13 heteroatoms. The van der Waals surface area contributed by atoms with Crippen LogP contribution in [0.1, 0.15) is 86.4 Å². The van der Waals surface area contributed by atoms with Gasteiger partial charge in [-0.1, -0.05) is 27.7 Å². The van der Waals surface area contributed by atoms with Crippen LogP contribution in [0.2, 0.25) is 18.1 Å². The Morgan fingerprint density at radius 3 is 2.58 bits per heavy atom. The van der Waals surface area contributed by atoms with Gasteiger partial charge in [-0.15, -0.1) is 0 Å². The molecule has 3 aromatic rings. The fourth-order valence-corrected chi connectivity index (χ4v) is 8.07. The molecule has 0 spiro atoms. The van der Waals surface area contributed by atoms with Crippen molar-refractivity contribution in [1.82, 2.24) is 14.9 Å². The summed E-state index contributed by atoms with van der Waals surface area (Å²) in [5.74, 6) is -3.72. The van der Waals surface area contributed by atoms with Crippen LogP contribution >= 0.6 is 0 Å².